The monoisotopic (exact) mass is 350 g/mol. The number of aryl methyl sites for hydroxylation is 1. The van der Waals surface area contributed by atoms with Gasteiger partial charge in [-0.3, -0.25) is 9.20 Å². The van der Waals surface area contributed by atoms with Crippen molar-refractivity contribution in [1.29, 1.82) is 0 Å². The highest BCUT2D eigenvalue weighted by Crippen LogP contribution is 2.36. The number of hydrogen-bond acceptors (Lipinski definition) is 3. The summed E-state index contributed by atoms with van der Waals surface area (Å²) in [5.41, 5.74) is 3.90. The Bertz CT molecular complexity index is 1050. The zero-order valence-electron chi connectivity index (χ0n) is 13.6. The number of hydrogen-bond donors (Lipinski definition) is 0. The Morgan fingerprint density at radius 3 is 2.44 bits per heavy atom. The predicted octanol–water partition coefficient (Wildman–Crippen LogP) is 5.24. The quantitative estimate of drug-likeness (QED) is 0.472. The molecule has 0 aliphatic carbocycles. The van der Waals surface area contributed by atoms with Crippen LogP contribution in [0.4, 0.5) is 4.39 Å². The molecule has 0 saturated heterocycles. The second-order valence-electron chi connectivity index (χ2n) is 5.68. The van der Waals surface area contributed by atoms with E-state index in [1.54, 1.807) is 23.5 Å². The number of imidazole rings is 1. The van der Waals surface area contributed by atoms with Crippen LogP contribution in [-0.2, 0) is 6.42 Å². The molecule has 0 aliphatic rings. The average molecular weight is 350 g/mol. The first-order valence-electron chi connectivity index (χ1n) is 8.03. The lowest BCUT2D eigenvalue weighted by Crippen LogP contribution is -1.96. The zero-order valence-corrected chi connectivity index (χ0v) is 14.4. The summed E-state index contributed by atoms with van der Waals surface area (Å²) in [6, 6.07) is 16.0. The van der Waals surface area contributed by atoms with Crippen LogP contribution in [0.5, 0.6) is 0 Å². The Kier molecular flexibility index (Phi) is 3.93. The Balaban J connectivity index is 2.03. The molecule has 0 aliphatic heterocycles. The van der Waals surface area contributed by atoms with Gasteiger partial charge in [0.05, 0.1) is 5.69 Å². The Morgan fingerprint density at radius 1 is 1.08 bits per heavy atom. The molecule has 0 spiro atoms. The summed E-state index contributed by atoms with van der Waals surface area (Å²) in [5.74, 6) is -0.278. The van der Waals surface area contributed by atoms with Crippen molar-refractivity contribution >= 4 is 22.6 Å². The van der Waals surface area contributed by atoms with E-state index in [2.05, 4.69) is 6.92 Å². The highest BCUT2D eigenvalue weighted by molar-refractivity contribution is 7.17. The molecule has 0 amide bonds. The van der Waals surface area contributed by atoms with E-state index in [-0.39, 0.29) is 5.82 Å². The lowest BCUT2D eigenvalue weighted by Gasteiger charge is -2.06. The molecule has 3 nitrogen and oxygen atoms in total. The molecule has 0 unspecified atom stereocenters. The zero-order chi connectivity index (χ0) is 17.4. The van der Waals surface area contributed by atoms with Gasteiger partial charge in [0.2, 0.25) is 0 Å². The number of aromatic nitrogens is 2. The number of fused-ring (bicyclic) bond motifs is 1. The molecule has 2 aromatic carbocycles. The maximum absolute atomic E-state index is 13.3. The van der Waals surface area contributed by atoms with E-state index < -0.39 is 0 Å². The standard InChI is InChI=1S/C20H15FN2OS/c1-2-17-19(14-8-10-15(21)11-9-14)23-16(12-24)18(22-20(23)25-17)13-6-4-3-5-7-13/h3-12H,2H2,1H3. The first-order valence-corrected chi connectivity index (χ1v) is 8.85. The third-order valence-electron chi connectivity index (χ3n) is 4.18. The van der Waals surface area contributed by atoms with Crippen LogP contribution < -0.4 is 0 Å². The van der Waals surface area contributed by atoms with Crippen LogP contribution in [0.1, 0.15) is 22.3 Å². The molecule has 124 valence electrons. The number of nitrogens with zero attached hydrogens (tertiary/aromatic N) is 2. The lowest BCUT2D eigenvalue weighted by atomic mass is 10.1. The van der Waals surface area contributed by atoms with E-state index in [4.69, 9.17) is 4.98 Å². The minimum atomic E-state index is -0.278. The topological polar surface area (TPSA) is 34.4 Å². The number of benzene rings is 2. The van der Waals surface area contributed by atoms with Crippen molar-refractivity contribution in [3.63, 3.8) is 0 Å². The van der Waals surface area contributed by atoms with Crippen LogP contribution in [0.2, 0.25) is 0 Å². The Hall–Kier alpha value is -2.79. The summed E-state index contributed by atoms with van der Waals surface area (Å²) in [5, 5.41) is 0. The molecule has 4 aromatic rings. The maximum Gasteiger partial charge on any atom is 0.195 e. The van der Waals surface area contributed by atoms with E-state index >= 15 is 0 Å². The van der Waals surface area contributed by atoms with Gasteiger partial charge in [0.1, 0.15) is 17.2 Å². The summed E-state index contributed by atoms with van der Waals surface area (Å²) in [6.07, 6.45) is 1.67. The molecule has 0 saturated carbocycles. The fourth-order valence-electron chi connectivity index (χ4n) is 3.03. The number of aldehydes is 1. The van der Waals surface area contributed by atoms with Gasteiger partial charge in [0.25, 0.3) is 0 Å². The molecule has 2 heterocycles. The lowest BCUT2D eigenvalue weighted by molar-refractivity contribution is 0.111. The molecule has 0 bridgehead atoms. The van der Waals surface area contributed by atoms with Crippen LogP contribution >= 0.6 is 11.3 Å². The maximum atomic E-state index is 13.3. The average Bonchev–Trinajstić information content (AvgIpc) is 3.18. The number of halogens is 1. The van der Waals surface area contributed by atoms with Crippen molar-refractivity contribution in [2.75, 3.05) is 0 Å². The molecular weight excluding hydrogens is 335 g/mol. The first kappa shape index (κ1) is 15.7. The molecular formula is C20H15FN2OS. The molecule has 5 heteroatoms. The van der Waals surface area contributed by atoms with Gasteiger partial charge in [0, 0.05) is 10.4 Å². The summed E-state index contributed by atoms with van der Waals surface area (Å²) in [7, 11) is 0. The van der Waals surface area contributed by atoms with E-state index in [9.17, 15) is 9.18 Å². The van der Waals surface area contributed by atoms with Crippen LogP contribution in [0.15, 0.2) is 54.6 Å². The third kappa shape index (κ3) is 2.57. The van der Waals surface area contributed by atoms with E-state index in [1.807, 2.05) is 34.7 Å². The first-order chi connectivity index (χ1) is 12.2. The molecule has 2 aromatic heterocycles. The number of rotatable bonds is 4. The molecule has 25 heavy (non-hydrogen) atoms. The highest BCUT2D eigenvalue weighted by atomic mass is 32.1. The molecule has 4 rings (SSSR count). The molecule has 0 fully saturated rings. The largest absolute Gasteiger partial charge is 0.296 e. The van der Waals surface area contributed by atoms with Crippen LogP contribution in [-0.4, -0.2) is 15.7 Å². The van der Waals surface area contributed by atoms with Crippen LogP contribution in [0.3, 0.4) is 0 Å². The van der Waals surface area contributed by atoms with Gasteiger partial charge in [-0.15, -0.1) is 11.3 Å². The normalized spacial score (nSPS) is 11.1. The van der Waals surface area contributed by atoms with Crippen LogP contribution in [0.25, 0.3) is 27.5 Å². The van der Waals surface area contributed by atoms with E-state index in [0.717, 1.165) is 39.4 Å². The Morgan fingerprint density at radius 2 is 1.80 bits per heavy atom. The van der Waals surface area contributed by atoms with Gasteiger partial charge in [-0.2, -0.15) is 0 Å². The van der Waals surface area contributed by atoms with Crippen molar-refractivity contribution < 1.29 is 9.18 Å². The molecule has 0 radical (unpaired) electrons. The molecule has 0 atom stereocenters. The van der Waals surface area contributed by atoms with Gasteiger partial charge in [-0.1, -0.05) is 37.3 Å². The third-order valence-corrected chi connectivity index (χ3v) is 5.37. The van der Waals surface area contributed by atoms with Gasteiger partial charge >= 0.3 is 0 Å². The summed E-state index contributed by atoms with van der Waals surface area (Å²) in [4.78, 5) is 18.5. The van der Waals surface area contributed by atoms with Crippen molar-refractivity contribution in [1.82, 2.24) is 9.38 Å². The summed E-state index contributed by atoms with van der Waals surface area (Å²) >= 11 is 1.57. The fourth-order valence-corrected chi connectivity index (χ4v) is 4.12. The van der Waals surface area contributed by atoms with Gasteiger partial charge < -0.3 is 0 Å². The smallest absolute Gasteiger partial charge is 0.195 e. The molecule has 0 N–H and O–H groups in total. The minimum Gasteiger partial charge on any atom is -0.296 e. The summed E-state index contributed by atoms with van der Waals surface area (Å²) < 4.78 is 15.2. The van der Waals surface area contributed by atoms with Crippen LogP contribution in [0, 0.1) is 5.82 Å². The van der Waals surface area contributed by atoms with E-state index in [0.29, 0.717) is 11.4 Å². The predicted molar refractivity (Wildman–Crippen MR) is 98.7 cm³/mol. The number of thiazole rings is 1. The van der Waals surface area contributed by atoms with Gasteiger partial charge in [0.15, 0.2) is 11.2 Å². The van der Waals surface area contributed by atoms with Gasteiger partial charge in [-0.05, 0) is 36.2 Å². The van der Waals surface area contributed by atoms with Crippen molar-refractivity contribution in [2.45, 2.75) is 13.3 Å². The second kappa shape index (κ2) is 6.26. The van der Waals surface area contributed by atoms with E-state index in [1.165, 1.54) is 12.1 Å². The summed E-state index contributed by atoms with van der Waals surface area (Å²) in [6.45, 7) is 2.07. The van der Waals surface area contributed by atoms with Crippen molar-refractivity contribution in [3.05, 3.63) is 71.0 Å². The highest BCUT2D eigenvalue weighted by Gasteiger charge is 2.21. The van der Waals surface area contributed by atoms with Crippen molar-refractivity contribution in [3.8, 4) is 22.5 Å². The number of carbonyl (C=O) groups is 1. The fraction of sp³-hybridized carbons (Fsp3) is 0.100. The van der Waals surface area contributed by atoms with Gasteiger partial charge in [-0.25, -0.2) is 9.37 Å². The Labute approximate surface area is 148 Å². The van der Waals surface area contributed by atoms with Crippen molar-refractivity contribution in [2.24, 2.45) is 0 Å². The second-order valence-corrected chi connectivity index (χ2v) is 6.74. The SMILES string of the molecule is CCc1sc2nc(-c3ccccc3)c(C=O)n2c1-c1ccc(F)cc1. The minimum absolute atomic E-state index is 0.278. The number of carbonyl (C=O) groups excluding carboxylic acids is 1.